The molecule has 3 rings (SSSR count). The monoisotopic (exact) mass is 289 g/mol. The standard InChI is InChI=1S/C14H12FN3OS/c1-18-7-6-16-14(18)20-9-12-8-19-13(17-12)10-2-4-11(15)5-3-10/h2-8H,9H2,1H3. The first-order valence-corrected chi connectivity index (χ1v) is 7.01. The van der Waals surface area contributed by atoms with E-state index in [0.717, 1.165) is 16.4 Å². The zero-order chi connectivity index (χ0) is 13.9. The molecule has 1 aromatic carbocycles. The second-order valence-electron chi connectivity index (χ2n) is 4.26. The van der Waals surface area contributed by atoms with Gasteiger partial charge in [0.15, 0.2) is 5.16 Å². The predicted octanol–water partition coefficient (Wildman–Crippen LogP) is 3.51. The van der Waals surface area contributed by atoms with E-state index >= 15 is 0 Å². The molecule has 0 aliphatic rings. The van der Waals surface area contributed by atoms with Crippen LogP contribution in [0, 0.1) is 5.82 Å². The highest BCUT2D eigenvalue weighted by atomic mass is 32.2. The zero-order valence-electron chi connectivity index (χ0n) is 10.8. The fourth-order valence-corrected chi connectivity index (χ4v) is 2.54. The number of hydrogen-bond donors (Lipinski definition) is 0. The Hall–Kier alpha value is -2.08. The molecule has 0 amide bonds. The van der Waals surface area contributed by atoms with Gasteiger partial charge in [0, 0.05) is 30.8 Å². The van der Waals surface area contributed by atoms with Gasteiger partial charge in [-0.05, 0) is 24.3 Å². The Morgan fingerprint density at radius 2 is 2.10 bits per heavy atom. The third kappa shape index (κ3) is 2.75. The van der Waals surface area contributed by atoms with E-state index in [-0.39, 0.29) is 5.82 Å². The van der Waals surface area contributed by atoms with Crippen LogP contribution in [0.5, 0.6) is 0 Å². The van der Waals surface area contributed by atoms with Crippen LogP contribution < -0.4 is 0 Å². The fraction of sp³-hybridized carbons (Fsp3) is 0.143. The van der Waals surface area contributed by atoms with E-state index in [4.69, 9.17) is 4.42 Å². The summed E-state index contributed by atoms with van der Waals surface area (Å²) < 4.78 is 20.2. The second-order valence-corrected chi connectivity index (χ2v) is 5.20. The maximum atomic E-state index is 12.9. The molecule has 0 fully saturated rings. The molecule has 0 bridgehead atoms. The SMILES string of the molecule is Cn1ccnc1SCc1coc(-c2ccc(F)cc2)n1. The van der Waals surface area contributed by atoms with Gasteiger partial charge in [-0.1, -0.05) is 11.8 Å². The number of thioether (sulfide) groups is 1. The van der Waals surface area contributed by atoms with Gasteiger partial charge in [0.2, 0.25) is 5.89 Å². The number of aryl methyl sites for hydroxylation is 1. The Balaban J connectivity index is 1.71. The molecule has 2 heterocycles. The minimum atomic E-state index is -0.272. The van der Waals surface area contributed by atoms with E-state index in [1.165, 1.54) is 12.1 Å². The van der Waals surface area contributed by atoms with Gasteiger partial charge in [-0.15, -0.1) is 0 Å². The molecule has 0 radical (unpaired) electrons. The quantitative estimate of drug-likeness (QED) is 0.689. The average molecular weight is 289 g/mol. The van der Waals surface area contributed by atoms with Crippen LogP contribution in [-0.2, 0) is 12.8 Å². The summed E-state index contributed by atoms with van der Waals surface area (Å²) in [7, 11) is 1.95. The number of rotatable bonds is 4. The highest BCUT2D eigenvalue weighted by Gasteiger charge is 2.08. The van der Waals surface area contributed by atoms with Crippen molar-refractivity contribution in [1.29, 1.82) is 0 Å². The van der Waals surface area contributed by atoms with Gasteiger partial charge in [0.05, 0.1) is 5.69 Å². The van der Waals surface area contributed by atoms with E-state index in [0.29, 0.717) is 11.6 Å². The van der Waals surface area contributed by atoms with Gasteiger partial charge >= 0.3 is 0 Å². The van der Waals surface area contributed by atoms with Crippen molar-refractivity contribution >= 4 is 11.8 Å². The molecule has 4 nitrogen and oxygen atoms in total. The second kappa shape index (κ2) is 5.50. The zero-order valence-corrected chi connectivity index (χ0v) is 11.6. The number of nitrogens with zero attached hydrogens (tertiary/aromatic N) is 3. The van der Waals surface area contributed by atoms with E-state index in [1.807, 2.05) is 17.8 Å². The van der Waals surface area contributed by atoms with Gasteiger partial charge in [0.1, 0.15) is 12.1 Å². The molecule has 0 aliphatic heterocycles. The summed E-state index contributed by atoms with van der Waals surface area (Å²) in [5, 5.41) is 0.927. The van der Waals surface area contributed by atoms with Gasteiger partial charge in [-0.25, -0.2) is 14.4 Å². The third-order valence-electron chi connectivity index (χ3n) is 2.77. The molecule has 0 unspecified atom stereocenters. The molecule has 0 N–H and O–H groups in total. The summed E-state index contributed by atoms with van der Waals surface area (Å²) in [6, 6.07) is 6.08. The van der Waals surface area contributed by atoms with Gasteiger partial charge in [-0.2, -0.15) is 0 Å². The summed E-state index contributed by atoms with van der Waals surface area (Å²) in [5.41, 5.74) is 1.59. The van der Waals surface area contributed by atoms with Crippen LogP contribution in [0.4, 0.5) is 4.39 Å². The molecule has 3 aromatic rings. The van der Waals surface area contributed by atoms with Crippen molar-refractivity contribution in [2.75, 3.05) is 0 Å². The van der Waals surface area contributed by atoms with Gasteiger partial charge in [0.25, 0.3) is 0 Å². The molecule has 0 atom stereocenters. The van der Waals surface area contributed by atoms with Crippen molar-refractivity contribution in [2.45, 2.75) is 10.9 Å². The number of imidazole rings is 1. The van der Waals surface area contributed by atoms with E-state index in [9.17, 15) is 4.39 Å². The Kier molecular flexibility index (Phi) is 3.56. The lowest BCUT2D eigenvalue weighted by atomic mass is 10.2. The van der Waals surface area contributed by atoms with Crippen LogP contribution in [0.15, 0.2) is 52.5 Å². The largest absolute Gasteiger partial charge is 0.444 e. The van der Waals surface area contributed by atoms with E-state index < -0.39 is 0 Å². The molecule has 0 spiro atoms. The minimum Gasteiger partial charge on any atom is -0.444 e. The first kappa shape index (κ1) is 12.9. The number of hydrogen-bond acceptors (Lipinski definition) is 4. The first-order chi connectivity index (χ1) is 9.72. The van der Waals surface area contributed by atoms with Crippen molar-refractivity contribution in [3.05, 3.63) is 54.4 Å². The summed E-state index contributed by atoms with van der Waals surface area (Å²) >= 11 is 1.59. The smallest absolute Gasteiger partial charge is 0.226 e. The summed E-state index contributed by atoms with van der Waals surface area (Å²) in [6.45, 7) is 0. The van der Waals surface area contributed by atoms with Crippen LogP contribution in [0.2, 0.25) is 0 Å². The van der Waals surface area contributed by atoms with Crippen molar-refractivity contribution in [3.63, 3.8) is 0 Å². The van der Waals surface area contributed by atoms with E-state index in [1.54, 1.807) is 36.4 Å². The summed E-state index contributed by atoms with van der Waals surface area (Å²) in [5.74, 6) is 0.904. The number of halogens is 1. The predicted molar refractivity (Wildman–Crippen MR) is 74.7 cm³/mol. The number of aromatic nitrogens is 3. The van der Waals surface area contributed by atoms with Gasteiger partial charge in [-0.3, -0.25) is 0 Å². The molecule has 0 saturated carbocycles. The van der Waals surface area contributed by atoms with E-state index in [2.05, 4.69) is 9.97 Å². The maximum Gasteiger partial charge on any atom is 0.226 e. The molecule has 6 heteroatoms. The molecule has 20 heavy (non-hydrogen) atoms. The Bertz CT molecular complexity index is 705. The third-order valence-corrected chi connectivity index (χ3v) is 3.86. The van der Waals surface area contributed by atoms with Crippen molar-refractivity contribution in [3.8, 4) is 11.5 Å². The van der Waals surface area contributed by atoms with Crippen LogP contribution in [0.1, 0.15) is 5.69 Å². The normalized spacial score (nSPS) is 10.9. The Morgan fingerprint density at radius 1 is 1.30 bits per heavy atom. The number of oxazole rings is 1. The molecule has 102 valence electrons. The summed E-state index contributed by atoms with van der Waals surface area (Å²) in [4.78, 5) is 8.62. The van der Waals surface area contributed by atoms with Crippen molar-refractivity contribution in [2.24, 2.45) is 7.05 Å². The Labute approximate surface area is 119 Å². The van der Waals surface area contributed by atoms with Crippen LogP contribution >= 0.6 is 11.8 Å². The lowest BCUT2D eigenvalue weighted by Crippen LogP contribution is -1.90. The average Bonchev–Trinajstić information content (AvgIpc) is 3.06. The number of benzene rings is 1. The molecule has 0 aliphatic carbocycles. The summed E-state index contributed by atoms with van der Waals surface area (Å²) in [6.07, 6.45) is 5.28. The van der Waals surface area contributed by atoms with Crippen molar-refractivity contribution in [1.82, 2.24) is 14.5 Å². The lowest BCUT2D eigenvalue weighted by Gasteiger charge is -1.98. The maximum absolute atomic E-state index is 12.9. The molecule has 0 saturated heterocycles. The minimum absolute atomic E-state index is 0.272. The van der Waals surface area contributed by atoms with Gasteiger partial charge < -0.3 is 8.98 Å². The fourth-order valence-electron chi connectivity index (χ4n) is 1.73. The molecular formula is C14H12FN3OS. The first-order valence-electron chi connectivity index (χ1n) is 6.03. The molecular weight excluding hydrogens is 277 g/mol. The van der Waals surface area contributed by atoms with Crippen LogP contribution in [-0.4, -0.2) is 14.5 Å². The van der Waals surface area contributed by atoms with Crippen LogP contribution in [0.3, 0.4) is 0 Å². The highest BCUT2D eigenvalue weighted by molar-refractivity contribution is 7.98. The van der Waals surface area contributed by atoms with Crippen LogP contribution in [0.25, 0.3) is 11.5 Å². The Morgan fingerprint density at radius 3 is 2.80 bits per heavy atom. The topological polar surface area (TPSA) is 43.9 Å². The van der Waals surface area contributed by atoms with Crippen molar-refractivity contribution < 1.29 is 8.81 Å². The lowest BCUT2D eigenvalue weighted by molar-refractivity contribution is 0.572. The highest BCUT2D eigenvalue weighted by Crippen LogP contribution is 2.23. The molecule has 2 aromatic heterocycles.